The molecule has 0 amide bonds. The molecule has 2 atom stereocenters. The van der Waals surface area contributed by atoms with Gasteiger partial charge in [0, 0.05) is 18.4 Å². The summed E-state index contributed by atoms with van der Waals surface area (Å²) in [6.45, 7) is 0. The molecule has 100 valence electrons. The van der Waals surface area contributed by atoms with E-state index in [1.165, 1.54) is 12.4 Å². The van der Waals surface area contributed by atoms with Crippen molar-refractivity contribution in [1.29, 1.82) is 0 Å². The highest BCUT2D eigenvalue weighted by Crippen LogP contribution is 2.39. The number of hydrogen-bond donors (Lipinski definition) is 1. The molecule has 1 aliphatic rings. The number of pyridine rings is 1. The lowest BCUT2D eigenvalue weighted by Gasteiger charge is -2.21. The molecule has 1 aliphatic carbocycles. The SMILES string of the molecule is NC1CCCCC(c2cnccc2C(F)(F)F)C1. The summed E-state index contributed by atoms with van der Waals surface area (Å²) in [6.07, 6.45) is 2.46. The molecule has 1 aromatic rings. The third-order valence-corrected chi connectivity index (χ3v) is 3.56. The van der Waals surface area contributed by atoms with Crippen LogP contribution in [-0.4, -0.2) is 11.0 Å². The molecule has 0 bridgehead atoms. The van der Waals surface area contributed by atoms with E-state index >= 15 is 0 Å². The lowest BCUT2D eigenvalue weighted by atomic mass is 9.88. The van der Waals surface area contributed by atoms with E-state index in [4.69, 9.17) is 5.73 Å². The molecule has 5 heteroatoms. The van der Waals surface area contributed by atoms with Crippen molar-refractivity contribution in [2.75, 3.05) is 0 Å². The quantitative estimate of drug-likeness (QED) is 0.783. The second kappa shape index (κ2) is 5.26. The van der Waals surface area contributed by atoms with Gasteiger partial charge in [0.15, 0.2) is 0 Å². The van der Waals surface area contributed by atoms with E-state index in [1.54, 1.807) is 0 Å². The van der Waals surface area contributed by atoms with Crippen molar-refractivity contribution in [2.24, 2.45) is 5.73 Å². The van der Waals surface area contributed by atoms with Crippen LogP contribution in [0.2, 0.25) is 0 Å². The fourth-order valence-corrected chi connectivity index (χ4v) is 2.67. The van der Waals surface area contributed by atoms with Gasteiger partial charge in [0.25, 0.3) is 0 Å². The van der Waals surface area contributed by atoms with Gasteiger partial charge in [0.05, 0.1) is 5.56 Å². The largest absolute Gasteiger partial charge is 0.416 e. The Morgan fingerprint density at radius 3 is 2.67 bits per heavy atom. The van der Waals surface area contributed by atoms with Crippen molar-refractivity contribution in [1.82, 2.24) is 4.98 Å². The third kappa shape index (κ3) is 3.02. The van der Waals surface area contributed by atoms with Gasteiger partial charge in [0.2, 0.25) is 0 Å². The number of halogens is 3. The van der Waals surface area contributed by atoms with E-state index in [9.17, 15) is 13.2 Å². The first kappa shape index (κ1) is 13.3. The smallest absolute Gasteiger partial charge is 0.328 e. The van der Waals surface area contributed by atoms with Gasteiger partial charge in [-0.3, -0.25) is 4.98 Å². The molecule has 1 fully saturated rings. The van der Waals surface area contributed by atoms with E-state index in [-0.39, 0.29) is 12.0 Å². The minimum Gasteiger partial charge on any atom is -0.328 e. The Kier molecular flexibility index (Phi) is 3.90. The zero-order valence-corrected chi connectivity index (χ0v) is 10.1. The van der Waals surface area contributed by atoms with Gasteiger partial charge < -0.3 is 5.73 Å². The molecule has 0 spiro atoms. The van der Waals surface area contributed by atoms with Crippen LogP contribution < -0.4 is 5.73 Å². The Morgan fingerprint density at radius 2 is 1.94 bits per heavy atom. The predicted octanol–water partition coefficient (Wildman–Crippen LogP) is 3.48. The molecule has 0 aliphatic heterocycles. The van der Waals surface area contributed by atoms with Crippen LogP contribution in [0.1, 0.15) is 49.1 Å². The lowest BCUT2D eigenvalue weighted by Crippen LogP contribution is -2.22. The molecule has 0 radical (unpaired) electrons. The van der Waals surface area contributed by atoms with Gasteiger partial charge >= 0.3 is 6.18 Å². The van der Waals surface area contributed by atoms with Crippen LogP contribution in [0.4, 0.5) is 13.2 Å². The molecule has 1 heterocycles. The zero-order valence-electron chi connectivity index (χ0n) is 10.1. The Hall–Kier alpha value is -1.10. The molecule has 2 rings (SSSR count). The summed E-state index contributed by atoms with van der Waals surface area (Å²) >= 11 is 0. The van der Waals surface area contributed by atoms with Crippen molar-refractivity contribution >= 4 is 0 Å². The molecule has 18 heavy (non-hydrogen) atoms. The van der Waals surface area contributed by atoms with Crippen molar-refractivity contribution in [2.45, 2.75) is 50.2 Å². The van der Waals surface area contributed by atoms with Gasteiger partial charge in [-0.1, -0.05) is 12.8 Å². The predicted molar refractivity (Wildman–Crippen MR) is 63.0 cm³/mol. The number of nitrogens with two attached hydrogens (primary N) is 1. The molecule has 2 N–H and O–H groups in total. The fraction of sp³-hybridized carbons (Fsp3) is 0.615. The Labute approximate surface area is 104 Å². The number of aromatic nitrogens is 1. The zero-order chi connectivity index (χ0) is 13.2. The summed E-state index contributed by atoms with van der Waals surface area (Å²) in [6, 6.07) is 1.06. The first-order chi connectivity index (χ1) is 8.48. The van der Waals surface area contributed by atoms with E-state index in [0.717, 1.165) is 31.7 Å². The second-order valence-corrected chi connectivity index (χ2v) is 4.94. The summed E-state index contributed by atoms with van der Waals surface area (Å²) in [5.74, 6) is -0.118. The molecule has 0 aromatic carbocycles. The summed E-state index contributed by atoms with van der Waals surface area (Å²) in [7, 11) is 0. The van der Waals surface area contributed by atoms with Crippen LogP contribution in [0.25, 0.3) is 0 Å². The number of hydrogen-bond acceptors (Lipinski definition) is 2. The van der Waals surface area contributed by atoms with Crippen LogP contribution in [0.5, 0.6) is 0 Å². The maximum absolute atomic E-state index is 12.9. The molecule has 1 aromatic heterocycles. The third-order valence-electron chi connectivity index (χ3n) is 3.56. The van der Waals surface area contributed by atoms with Gasteiger partial charge in [-0.2, -0.15) is 13.2 Å². The van der Waals surface area contributed by atoms with Gasteiger partial charge in [-0.05, 0) is 36.8 Å². The Morgan fingerprint density at radius 1 is 1.22 bits per heavy atom. The van der Waals surface area contributed by atoms with Gasteiger partial charge in [-0.15, -0.1) is 0 Å². The average Bonchev–Trinajstić information content (AvgIpc) is 2.53. The molecule has 1 saturated carbocycles. The highest BCUT2D eigenvalue weighted by atomic mass is 19.4. The van der Waals surface area contributed by atoms with Crippen molar-refractivity contribution in [3.63, 3.8) is 0 Å². The highest BCUT2D eigenvalue weighted by Gasteiger charge is 2.35. The van der Waals surface area contributed by atoms with E-state index in [2.05, 4.69) is 4.98 Å². The van der Waals surface area contributed by atoms with E-state index < -0.39 is 11.7 Å². The normalized spacial score (nSPS) is 25.8. The lowest BCUT2D eigenvalue weighted by molar-refractivity contribution is -0.138. The highest BCUT2D eigenvalue weighted by molar-refractivity contribution is 5.30. The fourth-order valence-electron chi connectivity index (χ4n) is 2.67. The first-order valence-electron chi connectivity index (χ1n) is 6.25. The number of alkyl halides is 3. The molecule has 2 unspecified atom stereocenters. The van der Waals surface area contributed by atoms with Crippen molar-refractivity contribution in [3.8, 4) is 0 Å². The summed E-state index contributed by atoms with van der Waals surface area (Å²) in [5, 5.41) is 0. The molecule has 2 nitrogen and oxygen atoms in total. The van der Waals surface area contributed by atoms with Crippen LogP contribution in [0.3, 0.4) is 0 Å². The van der Waals surface area contributed by atoms with Gasteiger partial charge in [-0.25, -0.2) is 0 Å². The molecule has 0 saturated heterocycles. The summed E-state index contributed by atoms with van der Waals surface area (Å²) < 4.78 is 38.8. The Balaban J connectivity index is 2.32. The number of rotatable bonds is 1. The van der Waals surface area contributed by atoms with E-state index in [1.807, 2.05) is 0 Å². The maximum atomic E-state index is 12.9. The Bertz CT molecular complexity index is 403. The van der Waals surface area contributed by atoms with Crippen molar-refractivity contribution in [3.05, 3.63) is 29.6 Å². The van der Waals surface area contributed by atoms with Crippen LogP contribution in [-0.2, 0) is 6.18 Å². The minimum absolute atomic E-state index is 0.00112. The molecular weight excluding hydrogens is 241 g/mol. The summed E-state index contributed by atoms with van der Waals surface area (Å²) in [4.78, 5) is 3.85. The first-order valence-corrected chi connectivity index (χ1v) is 6.25. The number of nitrogens with zero attached hydrogens (tertiary/aromatic N) is 1. The van der Waals surface area contributed by atoms with Gasteiger partial charge in [0.1, 0.15) is 0 Å². The van der Waals surface area contributed by atoms with Crippen molar-refractivity contribution < 1.29 is 13.2 Å². The maximum Gasteiger partial charge on any atom is 0.416 e. The van der Waals surface area contributed by atoms with Crippen LogP contribution in [0.15, 0.2) is 18.5 Å². The topological polar surface area (TPSA) is 38.9 Å². The monoisotopic (exact) mass is 258 g/mol. The van der Waals surface area contributed by atoms with Crippen LogP contribution >= 0.6 is 0 Å². The van der Waals surface area contributed by atoms with E-state index in [0.29, 0.717) is 12.0 Å². The van der Waals surface area contributed by atoms with Crippen LogP contribution in [0, 0.1) is 0 Å². The standard InChI is InChI=1S/C13H17F3N2/c14-13(15,16)12-5-6-18-8-11(12)9-3-1-2-4-10(17)7-9/h5-6,8-10H,1-4,7,17H2. The minimum atomic E-state index is -4.31. The molecular formula is C13H17F3N2. The summed E-state index contributed by atoms with van der Waals surface area (Å²) in [5.41, 5.74) is 5.67. The average molecular weight is 258 g/mol. The second-order valence-electron chi connectivity index (χ2n) is 4.94.